The average Bonchev–Trinajstić information content (AvgIpc) is 2.90. The molecule has 1 N–H and O–H groups in total. The molecule has 7 heteroatoms. The third-order valence-electron chi connectivity index (χ3n) is 5.80. The van der Waals surface area contributed by atoms with Gasteiger partial charge in [-0.05, 0) is 60.4 Å². The van der Waals surface area contributed by atoms with Gasteiger partial charge in [-0.2, -0.15) is 0 Å². The minimum absolute atomic E-state index is 0.195. The minimum atomic E-state index is -0.715. The van der Waals surface area contributed by atoms with Crippen molar-refractivity contribution in [3.63, 3.8) is 0 Å². The van der Waals surface area contributed by atoms with Crippen LogP contribution in [-0.2, 0) is 22.6 Å². The molecule has 0 unspecified atom stereocenters. The molecule has 3 aromatic rings. The number of halogens is 1. The van der Waals surface area contributed by atoms with Crippen LogP contribution in [0.1, 0.15) is 30.0 Å². The van der Waals surface area contributed by atoms with Gasteiger partial charge >= 0.3 is 0 Å². The van der Waals surface area contributed by atoms with Gasteiger partial charge in [0, 0.05) is 24.5 Å². The van der Waals surface area contributed by atoms with Crippen LogP contribution in [-0.4, -0.2) is 43.0 Å². The molecule has 0 aliphatic heterocycles. The number of ether oxygens (including phenoxy) is 2. The van der Waals surface area contributed by atoms with Crippen LogP contribution in [0.25, 0.3) is 0 Å². The topological polar surface area (TPSA) is 67.9 Å². The number of hydrogen-bond acceptors (Lipinski definition) is 4. The summed E-state index contributed by atoms with van der Waals surface area (Å²) in [6.45, 7) is 4.42. The fourth-order valence-electron chi connectivity index (χ4n) is 3.82. The van der Waals surface area contributed by atoms with Gasteiger partial charge in [-0.25, -0.2) is 0 Å². The Morgan fingerprint density at radius 2 is 1.72 bits per heavy atom. The van der Waals surface area contributed by atoms with Crippen molar-refractivity contribution in [3.8, 4) is 11.5 Å². The molecule has 2 amide bonds. The van der Waals surface area contributed by atoms with Crippen molar-refractivity contribution in [1.29, 1.82) is 0 Å². The Kier molecular flexibility index (Phi) is 10.2. The number of methoxy groups -OCH3 is 1. The van der Waals surface area contributed by atoms with Crippen molar-refractivity contribution in [2.24, 2.45) is 0 Å². The van der Waals surface area contributed by atoms with Gasteiger partial charge in [-0.15, -0.1) is 0 Å². The van der Waals surface area contributed by atoms with Crippen LogP contribution >= 0.6 is 11.6 Å². The van der Waals surface area contributed by atoms with Crippen LogP contribution in [0.15, 0.2) is 72.8 Å². The number of nitrogens with zero attached hydrogens (tertiary/aromatic N) is 1. The predicted molar refractivity (Wildman–Crippen MR) is 142 cm³/mol. The fourth-order valence-corrected chi connectivity index (χ4v) is 3.94. The van der Waals surface area contributed by atoms with E-state index in [-0.39, 0.29) is 25.0 Å². The molecule has 3 aromatic carbocycles. The maximum absolute atomic E-state index is 13.6. The Bertz CT molecular complexity index is 1150. The lowest BCUT2D eigenvalue weighted by Crippen LogP contribution is -2.51. The molecule has 0 aromatic heterocycles. The van der Waals surface area contributed by atoms with Gasteiger partial charge in [0.1, 0.15) is 17.5 Å². The first-order valence-electron chi connectivity index (χ1n) is 12.0. The van der Waals surface area contributed by atoms with Gasteiger partial charge < -0.3 is 19.7 Å². The monoisotopic (exact) mass is 508 g/mol. The van der Waals surface area contributed by atoms with E-state index in [1.54, 1.807) is 30.2 Å². The van der Waals surface area contributed by atoms with E-state index >= 15 is 0 Å². The first-order chi connectivity index (χ1) is 17.4. The van der Waals surface area contributed by atoms with Gasteiger partial charge in [0.15, 0.2) is 6.61 Å². The van der Waals surface area contributed by atoms with E-state index in [2.05, 4.69) is 5.32 Å². The molecule has 1 atom stereocenters. The van der Waals surface area contributed by atoms with E-state index < -0.39 is 6.04 Å². The number of hydrogen-bond donors (Lipinski definition) is 1. The van der Waals surface area contributed by atoms with Crippen molar-refractivity contribution in [3.05, 3.63) is 94.5 Å². The Hall–Kier alpha value is -3.51. The summed E-state index contributed by atoms with van der Waals surface area (Å²) in [7, 11) is 1.60. The van der Waals surface area contributed by atoms with Crippen LogP contribution in [0, 0.1) is 6.92 Å². The Balaban J connectivity index is 1.90. The molecule has 0 fully saturated rings. The lowest BCUT2D eigenvalue weighted by molar-refractivity contribution is -0.142. The second-order valence-electron chi connectivity index (χ2n) is 8.57. The highest BCUT2D eigenvalue weighted by atomic mass is 35.5. The van der Waals surface area contributed by atoms with Crippen LogP contribution in [0.5, 0.6) is 11.5 Å². The van der Waals surface area contributed by atoms with Gasteiger partial charge in [0.2, 0.25) is 5.91 Å². The SMILES string of the molecule is CCCNC(=O)[C@@H](Cc1ccccc1)N(Cc1cccc(OC)c1)C(=O)COc1ccc(Cl)c(C)c1. The first-order valence-corrected chi connectivity index (χ1v) is 12.4. The maximum atomic E-state index is 13.6. The number of carbonyl (C=O) groups is 2. The van der Waals surface area contributed by atoms with Crippen LogP contribution < -0.4 is 14.8 Å². The summed E-state index contributed by atoms with van der Waals surface area (Å²) in [5.74, 6) is 0.738. The molecular weight excluding hydrogens is 476 g/mol. The molecule has 0 radical (unpaired) electrons. The van der Waals surface area contributed by atoms with Gasteiger partial charge in [0.05, 0.1) is 7.11 Å². The van der Waals surface area contributed by atoms with Crippen molar-refractivity contribution in [2.75, 3.05) is 20.3 Å². The molecule has 6 nitrogen and oxygen atoms in total. The van der Waals surface area contributed by atoms with Gasteiger partial charge in [0.25, 0.3) is 5.91 Å². The normalized spacial score (nSPS) is 11.4. The molecule has 0 saturated heterocycles. The quantitative estimate of drug-likeness (QED) is 0.365. The van der Waals surface area contributed by atoms with Crippen LogP contribution in [0.3, 0.4) is 0 Å². The lowest BCUT2D eigenvalue weighted by Gasteiger charge is -2.31. The van der Waals surface area contributed by atoms with Crippen molar-refractivity contribution < 1.29 is 19.1 Å². The average molecular weight is 509 g/mol. The number of carbonyl (C=O) groups excluding carboxylic acids is 2. The maximum Gasteiger partial charge on any atom is 0.261 e. The zero-order valence-corrected chi connectivity index (χ0v) is 21.8. The zero-order valence-electron chi connectivity index (χ0n) is 21.0. The van der Waals surface area contributed by atoms with Crippen LogP contribution in [0.4, 0.5) is 0 Å². The summed E-state index contributed by atoms with van der Waals surface area (Å²) in [4.78, 5) is 28.5. The third kappa shape index (κ3) is 7.75. The summed E-state index contributed by atoms with van der Waals surface area (Å²) < 4.78 is 11.2. The first kappa shape index (κ1) is 27.1. The van der Waals surface area contributed by atoms with Crippen LogP contribution in [0.2, 0.25) is 5.02 Å². The van der Waals surface area contributed by atoms with Crippen molar-refractivity contribution in [2.45, 2.75) is 39.3 Å². The van der Waals surface area contributed by atoms with E-state index in [9.17, 15) is 9.59 Å². The smallest absolute Gasteiger partial charge is 0.261 e. The molecule has 0 saturated carbocycles. The summed E-state index contributed by atoms with van der Waals surface area (Å²) in [6, 6.07) is 21.7. The van der Waals surface area contributed by atoms with E-state index in [1.807, 2.05) is 68.4 Å². The highest BCUT2D eigenvalue weighted by Gasteiger charge is 2.30. The highest BCUT2D eigenvalue weighted by Crippen LogP contribution is 2.22. The molecule has 0 aliphatic carbocycles. The van der Waals surface area contributed by atoms with E-state index in [1.165, 1.54) is 0 Å². The van der Waals surface area contributed by atoms with E-state index in [0.29, 0.717) is 29.5 Å². The zero-order chi connectivity index (χ0) is 25.9. The number of aryl methyl sites for hydroxylation is 1. The highest BCUT2D eigenvalue weighted by molar-refractivity contribution is 6.31. The fraction of sp³-hybridized carbons (Fsp3) is 0.310. The second-order valence-corrected chi connectivity index (χ2v) is 8.98. The molecule has 3 rings (SSSR count). The molecule has 190 valence electrons. The largest absolute Gasteiger partial charge is 0.497 e. The molecule has 0 aliphatic rings. The summed E-state index contributed by atoms with van der Waals surface area (Å²) >= 11 is 6.12. The number of nitrogens with one attached hydrogen (secondary N) is 1. The number of amides is 2. The van der Waals surface area contributed by atoms with E-state index in [0.717, 1.165) is 23.1 Å². The van der Waals surface area contributed by atoms with Gasteiger partial charge in [-0.3, -0.25) is 9.59 Å². The van der Waals surface area contributed by atoms with Gasteiger partial charge in [-0.1, -0.05) is 61.0 Å². The van der Waals surface area contributed by atoms with Crippen molar-refractivity contribution >= 4 is 23.4 Å². The Labute approximate surface area is 218 Å². The van der Waals surface area contributed by atoms with E-state index in [4.69, 9.17) is 21.1 Å². The summed E-state index contributed by atoms with van der Waals surface area (Å²) in [6.07, 6.45) is 1.18. The molecule has 0 heterocycles. The molecular formula is C29H33ClN2O4. The standard InChI is InChI=1S/C29H33ClN2O4/c1-4-15-31-29(34)27(18-22-9-6-5-7-10-22)32(19-23-11-8-12-24(17-23)35-3)28(33)20-36-25-13-14-26(30)21(2)16-25/h5-14,16-17,27H,4,15,18-20H2,1-3H3,(H,31,34)/t27-/m1/s1. The Morgan fingerprint density at radius 1 is 0.972 bits per heavy atom. The number of rotatable bonds is 12. The Morgan fingerprint density at radius 3 is 2.42 bits per heavy atom. The summed E-state index contributed by atoms with van der Waals surface area (Å²) in [5.41, 5.74) is 2.67. The second kappa shape index (κ2) is 13.5. The molecule has 0 bridgehead atoms. The minimum Gasteiger partial charge on any atom is -0.497 e. The summed E-state index contributed by atoms with van der Waals surface area (Å²) in [5, 5.41) is 3.60. The lowest BCUT2D eigenvalue weighted by atomic mass is 10.0. The molecule has 36 heavy (non-hydrogen) atoms. The van der Waals surface area contributed by atoms with Crippen molar-refractivity contribution in [1.82, 2.24) is 10.2 Å². The number of benzene rings is 3. The predicted octanol–water partition coefficient (Wildman–Crippen LogP) is 5.20. The molecule has 0 spiro atoms. The third-order valence-corrected chi connectivity index (χ3v) is 6.22.